The Morgan fingerprint density at radius 1 is 0.510 bits per heavy atom. The smallest absolute Gasteiger partial charge is 0.0544 e. The maximum Gasteiger partial charge on any atom is 0.0544 e. The summed E-state index contributed by atoms with van der Waals surface area (Å²) < 4.78 is 0. The van der Waals surface area contributed by atoms with Crippen molar-refractivity contribution in [3.05, 3.63) is 184 Å². The molecule has 0 bridgehead atoms. The van der Waals surface area contributed by atoms with E-state index in [4.69, 9.17) is 0 Å². The number of allylic oxidation sites excluding steroid dienone is 3. The molecule has 2 heteroatoms. The van der Waals surface area contributed by atoms with Gasteiger partial charge < -0.3 is 9.80 Å². The van der Waals surface area contributed by atoms with E-state index in [-0.39, 0.29) is 22.2 Å². The number of hydrogen-bond donors (Lipinski definition) is 0. The minimum absolute atomic E-state index is 0.0777. The summed E-state index contributed by atoms with van der Waals surface area (Å²) in [5.41, 5.74) is 17.4. The van der Waals surface area contributed by atoms with Crippen LogP contribution in [0.25, 0.3) is 10.8 Å². The van der Waals surface area contributed by atoms with Crippen LogP contribution in [-0.2, 0) is 16.2 Å². The number of fused-ring (bicyclic) bond motifs is 1. The molecule has 0 radical (unpaired) electrons. The molecule has 0 saturated carbocycles. The Kier molecular flexibility index (Phi) is 6.19. The molecular formula is C49H44N2. The molecule has 6 aromatic carbocycles. The van der Waals surface area contributed by atoms with E-state index in [1.54, 1.807) is 0 Å². The van der Waals surface area contributed by atoms with Gasteiger partial charge in [0.2, 0.25) is 0 Å². The maximum atomic E-state index is 2.67. The molecule has 0 amide bonds. The predicted molar refractivity (Wildman–Crippen MR) is 215 cm³/mol. The summed E-state index contributed by atoms with van der Waals surface area (Å²) in [4.78, 5) is 5.07. The van der Waals surface area contributed by atoms with Crippen LogP contribution in [0.15, 0.2) is 145 Å². The second kappa shape index (κ2) is 10.4. The van der Waals surface area contributed by atoms with Crippen molar-refractivity contribution in [1.82, 2.24) is 0 Å². The van der Waals surface area contributed by atoms with Crippen LogP contribution in [0.2, 0.25) is 0 Å². The van der Waals surface area contributed by atoms with Gasteiger partial charge in [0, 0.05) is 39.2 Å². The summed E-state index contributed by atoms with van der Waals surface area (Å²) in [6.45, 7) is 14.6. The first-order chi connectivity index (χ1) is 24.6. The van der Waals surface area contributed by atoms with Crippen molar-refractivity contribution in [2.45, 2.75) is 70.1 Å². The van der Waals surface area contributed by atoms with Gasteiger partial charge in [-0.25, -0.2) is 0 Å². The third-order valence-electron chi connectivity index (χ3n) is 12.7. The number of hydrogen-bond acceptors (Lipinski definition) is 2. The van der Waals surface area contributed by atoms with Crippen molar-refractivity contribution in [2.24, 2.45) is 0 Å². The first kappa shape index (κ1) is 30.5. The molecular weight excluding hydrogens is 617 g/mol. The molecule has 1 atom stereocenters. The molecule has 10 rings (SSSR count). The lowest BCUT2D eigenvalue weighted by molar-refractivity contribution is 0.564. The second-order valence-electron chi connectivity index (χ2n) is 16.6. The highest BCUT2D eigenvalue weighted by molar-refractivity contribution is 5.98. The molecule has 0 saturated heterocycles. The maximum absolute atomic E-state index is 2.67. The topological polar surface area (TPSA) is 6.48 Å². The van der Waals surface area contributed by atoms with E-state index in [2.05, 4.69) is 191 Å². The highest BCUT2D eigenvalue weighted by Gasteiger charge is 2.51. The van der Waals surface area contributed by atoms with Crippen LogP contribution < -0.4 is 9.80 Å². The fraction of sp³-hybridized carbons (Fsp3) is 0.224. The third-order valence-corrected chi connectivity index (χ3v) is 12.7. The van der Waals surface area contributed by atoms with Gasteiger partial charge in [-0.1, -0.05) is 151 Å². The zero-order valence-corrected chi connectivity index (χ0v) is 30.5. The third kappa shape index (κ3) is 4.11. The van der Waals surface area contributed by atoms with Gasteiger partial charge in [0.05, 0.1) is 17.1 Å². The normalized spacial score (nSPS) is 19.4. The molecule has 6 aromatic rings. The van der Waals surface area contributed by atoms with Crippen LogP contribution in [0.3, 0.4) is 0 Å². The average Bonchev–Trinajstić information content (AvgIpc) is 3.14. The summed E-state index contributed by atoms with van der Waals surface area (Å²) in [6, 6.07) is 45.4. The van der Waals surface area contributed by atoms with Crippen molar-refractivity contribution in [2.75, 3.05) is 9.80 Å². The Hall–Kier alpha value is -5.34. The van der Waals surface area contributed by atoms with E-state index in [0.717, 1.165) is 6.42 Å². The molecule has 0 fully saturated rings. The quantitative estimate of drug-likeness (QED) is 0.186. The molecule has 3 heterocycles. The van der Waals surface area contributed by atoms with Crippen molar-refractivity contribution in [3.8, 4) is 0 Å². The molecule has 1 aliphatic carbocycles. The van der Waals surface area contributed by atoms with Crippen LogP contribution in [0.1, 0.15) is 92.8 Å². The average molecular weight is 661 g/mol. The van der Waals surface area contributed by atoms with Gasteiger partial charge in [-0.15, -0.1) is 0 Å². The van der Waals surface area contributed by atoms with Crippen molar-refractivity contribution in [3.63, 3.8) is 0 Å². The van der Waals surface area contributed by atoms with E-state index in [1.165, 1.54) is 83.9 Å². The standard InChI is InChI=1S/C49H44N2/c1-47(2)38-18-12-20-40-44(38)51-45-39(47)19-13-21-41(45)49(5,6)43-30-34(29-42(46(43)51)48(40,3)4)32-22-25-36(26-23-32)50(35-16-8-7-9-17-35)37-27-24-31-14-10-11-15-33(31)28-37/h7-22,24-30,32H,23H2,1-6H3. The van der Waals surface area contributed by atoms with Gasteiger partial charge in [0.1, 0.15) is 0 Å². The first-order valence-electron chi connectivity index (χ1n) is 18.6. The molecule has 4 aliphatic rings. The van der Waals surface area contributed by atoms with Crippen molar-refractivity contribution < 1.29 is 0 Å². The molecule has 3 aliphatic heterocycles. The lowest BCUT2D eigenvalue weighted by atomic mass is 9.60. The zero-order valence-electron chi connectivity index (χ0n) is 30.5. The molecule has 51 heavy (non-hydrogen) atoms. The molecule has 1 unspecified atom stereocenters. The lowest BCUT2D eigenvalue weighted by Crippen LogP contribution is -2.43. The Balaban J connectivity index is 1.10. The number of rotatable bonds is 4. The van der Waals surface area contributed by atoms with E-state index in [1.807, 2.05) is 0 Å². The van der Waals surface area contributed by atoms with Crippen LogP contribution in [0, 0.1) is 0 Å². The van der Waals surface area contributed by atoms with Gasteiger partial charge in [-0.2, -0.15) is 0 Å². The molecule has 250 valence electrons. The molecule has 0 N–H and O–H groups in total. The summed E-state index contributed by atoms with van der Waals surface area (Å²) in [6.07, 6.45) is 8.20. The Morgan fingerprint density at radius 2 is 1.04 bits per heavy atom. The van der Waals surface area contributed by atoms with E-state index in [0.29, 0.717) is 0 Å². The summed E-state index contributed by atoms with van der Waals surface area (Å²) in [5, 5.41) is 2.51. The summed E-state index contributed by atoms with van der Waals surface area (Å²) in [7, 11) is 0. The minimum atomic E-state index is -0.141. The summed E-state index contributed by atoms with van der Waals surface area (Å²) >= 11 is 0. The second-order valence-corrected chi connectivity index (χ2v) is 16.6. The first-order valence-corrected chi connectivity index (χ1v) is 18.6. The van der Waals surface area contributed by atoms with Gasteiger partial charge >= 0.3 is 0 Å². The molecule has 0 aromatic heterocycles. The number of benzene rings is 6. The number of nitrogens with zero attached hydrogens (tertiary/aromatic N) is 2. The van der Waals surface area contributed by atoms with Gasteiger partial charge in [0.25, 0.3) is 0 Å². The zero-order chi connectivity index (χ0) is 34.9. The van der Waals surface area contributed by atoms with Crippen molar-refractivity contribution in [1.29, 1.82) is 0 Å². The van der Waals surface area contributed by atoms with Crippen LogP contribution >= 0.6 is 0 Å². The van der Waals surface area contributed by atoms with E-state index >= 15 is 0 Å². The molecule has 2 nitrogen and oxygen atoms in total. The monoisotopic (exact) mass is 660 g/mol. The van der Waals surface area contributed by atoms with Crippen LogP contribution in [-0.4, -0.2) is 0 Å². The van der Waals surface area contributed by atoms with E-state index < -0.39 is 0 Å². The largest absolute Gasteiger partial charge is 0.311 e. The van der Waals surface area contributed by atoms with E-state index in [9.17, 15) is 0 Å². The number of anilines is 5. The SMILES string of the molecule is CC1(C)c2cccc3c2N2c4c1cccc4C(C)(C)c1cc(C4C=CC(N(c5ccccc5)c5ccc6ccccc6c5)=CC4)cc(c12)C3(C)C. The van der Waals surface area contributed by atoms with Gasteiger partial charge in [0.15, 0.2) is 0 Å². The molecule has 0 spiro atoms. The van der Waals surface area contributed by atoms with Crippen molar-refractivity contribution >= 4 is 39.2 Å². The minimum Gasteiger partial charge on any atom is -0.311 e. The van der Waals surface area contributed by atoms with Gasteiger partial charge in [-0.05, 0) is 86.5 Å². The van der Waals surface area contributed by atoms with Gasteiger partial charge in [-0.3, -0.25) is 0 Å². The lowest BCUT2D eigenvalue weighted by Gasteiger charge is -2.55. The highest BCUT2D eigenvalue weighted by atomic mass is 15.2. The fourth-order valence-corrected chi connectivity index (χ4v) is 9.78. The number of para-hydroxylation sites is 3. The Morgan fingerprint density at radius 3 is 1.61 bits per heavy atom. The fourth-order valence-electron chi connectivity index (χ4n) is 9.78. The predicted octanol–water partition coefficient (Wildman–Crippen LogP) is 13.0. The highest BCUT2D eigenvalue weighted by Crippen LogP contribution is 2.66. The van der Waals surface area contributed by atoms with Crippen LogP contribution in [0.5, 0.6) is 0 Å². The Bertz CT molecular complexity index is 2400. The van der Waals surface area contributed by atoms with Crippen LogP contribution in [0.4, 0.5) is 28.4 Å². The Labute approximate surface area is 302 Å². The summed E-state index contributed by atoms with van der Waals surface area (Å²) in [5.74, 6) is 0.289.